The molecule has 0 amide bonds. The summed E-state index contributed by atoms with van der Waals surface area (Å²) in [6, 6.07) is 67.8. The van der Waals surface area contributed by atoms with Gasteiger partial charge in [-0.3, -0.25) is 0 Å². The Labute approximate surface area is 377 Å². The fourth-order valence-corrected chi connectivity index (χ4v) is 11.1. The van der Waals surface area contributed by atoms with Crippen LogP contribution in [0.5, 0.6) is 0 Å². The molecule has 1 unspecified atom stereocenters. The second kappa shape index (κ2) is 15.4. The quantitative estimate of drug-likeness (QED) is 0.160. The molecule has 8 aromatic carbocycles. The molecule has 0 fully saturated rings. The maximum absolute atomic E-state index is 5.26. The molecule has 0 N–H and O–H groups in total. The van der Waals surface area contributed by atoms with E-state index < -0.39 is 0 Å². The molecule has 304 valence electrons. The molecule has 0 radical (unpaired) electrons. The van der Waals surface area contributed by atoms with Crippen molar-refractivity contribution < 1.29 is 0 Å². The Morgan fingerprint density at radius 1 is 0.469 bits per heavy atom. The molecule has 0 saturated heterocycles. The van der Waals surface area contributed by atoms with E-state index in [4.69, 9.17) is 15.0 Å². The zero-order chi connectivity index (χ0) is 42.8. The summed E-state index contributed by atoms with van der Waals surface area (Å²) in [5.74, 6) is 2.13. The number of thiophene rings is 1. The van der Waals surface area contributed by atoms with Crippen LogP contribution in [0.25, 0.3) is 93.0 Å². The van der Waals surface area contributed by atoms with Crippen molar-refractivity contribution in [2.24, 2.45) is 0 Å². The third-order valence-corrected chi connectivity index (χ3v) is 14.5. The summed E-state index contributed by atoms with van der Waals surface area (Å²) in [6.45, 7) is 4.69. The third kappa shape index (κ3) is 6.53. The van der Waals surface area contributed by atoms with E-state index in [9.17, 15) is 0 Å². The van der Waals surface area contributed by atoms with Crippen molar-refractivity contribution in [3.63, 3.8) is 0 Å². The Morgan fingerprint density at radius 2 is 1.03 bits per heavy atom. The van der Waals surface area contributed by atoms with E-state index in [1.807, 2.05) is 29.5 Å². The molecule has 0 saturated carbocycles. The van der Waals surface area contributed by atoms with E-state index in [1.165, 1.54) is 81.4 Å². The smallest absolute Gasteiger partial charge is 0.163 e. The van der Waals surface area contributed by atoms with Crippen LogP contribution in [0.3, 0.4) is 0 Å². The van der Waals surface area contributed by atoms with Gasteiger partial charge in [0.1, 0.15) is 5.82 Å². The highest BCUT2D eigenvalue weighted by molar-refractivity contribution is 7.26. The van der Waals surface area contributed by atoms with E-state index in [1.54, 1.807) is 0 Å². The van der Waals surface area contributed by atoms with Crippen molar-refractivity contribution in [1.29, 1.82) is 0 Å². The Morgan fingerprint density at radius 3 is 1.80 bits per heavy atom. The monoisotopic (exact) mass is 837 g/mol. The minimum absolute atomic E-state index is 0.0137. The highest BCUT2D eigenvalue weighted by Crippen LogP contribution is 2.52. The zero-order valence-corrected chi connectivity index (χ0v) is 36.5. The van der Waals surface area contributed by atoms with Crippen LogP contribution in [0.1, 0.15) is 48.7 Å². The normalized spacial score (nSPS) is 15.0. The molecule has 3 nitrogen and oxygen atoms in total. The lowest BCUT2D eigenvalue weighted by atomic mass is 9.81. The number of hydrogen-bond acceptors (Lipinski definition) is 4. The van der Waals surface area contributed by atoms with E-state index in [-0.39, 0.29) is 11.3 Å². The second-order valence-electron chi connectivity index (χ2n) is 17.5. The van der Waals surface area contributed by atoms with E-state index in [2.05, 4.69) is 202 Å². The topological polar surface area (TPSA) is 38.7 Å². The maximum atomic E-state index is 5.26. The molecule has 2 aliphatic carbocycles. The first-order chi connectivity index (χ1) is 31.5. The van der Waals surface area contributed by atoms with Crippen LogP contribution in [-0.2, 0) is 5.41 Å². The molecule has 0 bridgehead atoms. The van der Waals surface area contributed by atoms with Crippen molar-refractivity contribution in [2.45, 2.75) is 31.6 Å². The Balaban J connectivity index is 0.888. The second-order valence-corrected chi connectivity index (χ2v) is 18.6. The average Bonchev–Trinajstić information content (AvgIpc) is 3.86. The molecule has 64 heavy (non-hydrogen) atoms. The van der Waals surface area contributed by atoms with Crippen molar-refractivity contribution in [3.8, 4) is 67.3 Å². The molecular formula is C60H43N3S. The molecule has 0 aliphatic heterocycles. The molecular weight excluding hydrogens is 795 g/mol. The van der Waals surface area contributed by atoms with Crippen LogP contribution in [0.2, 0.25) is 0 Å². The van der Waals surface area contributed by atoms with Gasteiger partial charge in [0.15, 0.2) is 11.6 Å². The molecule has 1 atom stereocenters. The van der Waals surface area contributed by atoms with E-state index in [0.29, 0.717) is 11.6 Å². The van der Waals surface area contributed by atoms with E-state index in [0.717, 1.165) is 28.9 Å². The number of fused-ring (bicyclic) bond motifs is 6. The standard InChI is InChI=1S/C60H43N3S/c1-60(2)51-23-10-9-20-49(51)55-48(21-12-24-52(55)60)45-18-11-19-46(36-45)59-62-57(42-16-7-4-8-17-42)61-58(63-59)43-32-30-41(31-33-43)47-22-13-25-54-56(47)50-37-44(34-35-53(50)64-54)40-28-26-39(27-29-40)38-14-5-3-6-15-38/h3-35,37,46H,36H2,1-2H3. The number of nitrogens with zero attached hydrogens (tertiary/aromatic N) is 3. The van der Waals surface area contributed by atoms with Crippen molar-refractivity contribution in [3.05, 3.63) is 229 Å². The summed E-state index contributed by atoms with van der Waals surface area (Å²) in [6.07, 6.45) is 7.51. The highest BCUT2D eigenvalue weighted by Gasteiger charge is 2.37. The minimum Gasteiger partial charge on any atom is -0.212 e. The van der Waals surface area contributed by atoms with Gasteiger partial charge in [-0.2, -0.15) is 0 Å². The van der Waals surface area contributed by atoms with Crippen LogP contribution < -0.4 is 0 Å². The Hall–Kier alpha value is -7.53. The SMILES string of the molecule is CC1(C)c2ccccc2-c2c(C3=CC=CC(c4nc(-c5ccccc5)nc(-c5ccc(-c6cccc7sc8ccc(-c9ccc(-c%10ccccc%10)cc9)cc8c67)cc5)n4)C3)cccc21. The maximum Gasteiger partial charge on any atom is 0.163 e. The molecule has 12 rings (SSSR count). The van der Waals surface area contributed by atoms with Crippen LogP contribution in [0.15, 0.2) is 206 Å². The van der Waals surface area contributed by atoms with E-state index >= 15 is 0 Å². The fourth-order valence-electron chi connectivity index (χ4n) is 10.0. The first kappa shape index (κ1) is 38.2. The van der Waals surface area contributed by atoms with Crippen LogP contribution in [0, 0.1) is 0 Å². The number of allylic oxidation sites excluding steroid dienone is 4. The average molecular weight is 838 g/mol. The van der Waals surface area contributed by atoms with Gasteiger partial charge in [-0.1, -0.05) is 202 Å². The zero-order valence-electron chi connectivity index (χ0n) is 35.7. The number of rotatable bonds is 7. The number of benzene rings is 8. The predicted octanol–water partition coefficient (Wildman–Crippen LogP) is 16.0. The highest BCUT2D eigenvalue weighted by atomic mass is 32.1. The summed E-state index contributed by atoms with van der Waals surface area (Å²) in [4.78, 5) is 15.6. The molecule has 2 aliphatic rings. The van der Waals surface area contributed by atoms with Gasteiger partial charge in [0.05, 0.1) is 0 Å². The lowest BCUT2D eigenvalue weighted by Gasteiger charge is -2.23. The Kier molecular flexibility index (Phi) is 9.17. The van der Waals surface area contributed by atoms with Gasteiger partial charge in [-0.25, -0.2) is 15.0 Å². The first-order valence-electron chi connectivity index (χ1n) is 22.1. The minimum atomic E-state index is -0.0558. The third-order valence-electron chi connectivity index (χ3n) is 13.3. The van der Waals surface area contributed by atoms with Crippen molar-refractivity contribution in [2.75, 3.05) is 0 Å². The van der Waals surface area contributed by atoms with Crippen LogP contribution in [0.4, 0.5) is 0 Å². The lowest BCUT2D eigenvalue weighted by molar-refractivity contribution is 0.660. The van der Waals surface area contributed by atoms with Gasteiger partial charge in [-0.15, -0.1) is 11.3 Å². The Bertz CT molecular complexity index is 3470. The van der Waals surface area contributed by atoms with Gasteiger partial charge in [0.25, 0.3) is 0 Å². The van der Waals surface area contributed by atoms with Gasteiger partial charge >= 0.3 is 0 Å². The number of aromatic nitrogens is 3. The fraction of sp³-hybridized carbons (Fsp3) is 0.0833. The first-order valence-corrected chi connectivity index (χ1v) is 22.9. The van der Waals surface area contributed by atoms with Crippen LogP contribution in [-0.4, -0.2) is 15.0 Å². The number of hydrogen-bond donors (Lipinski definition) is 0. The molecule has 0 spiro atoms. The lowest BCUT2D eigenvalue weighted by Crippen LogP contribution is -2.15. The van der Waals surface area contributed by atoms with Crippen LogP contribution >= 0.6 is 11.3 Å². The molecule has 10 aromatic rings. The van der Waals surface area contributed by atoms with Crippen molar-refractivity contribution in [1.82, 2.24) is 15.0 Å². The van der Waals surface area contributed by atoms with Gasteiger partial charge in [-0.05, 0) is 91.4 Å². The summed E-state index contributed by atoms with van der Waals surface area (Å²) in [5.41, 5.74) is 17.2. The summed E-state index contributed by atoms with van der Waals surface area (Å²) >= 11 is 1.85. The predicted molar refractivity (Wildman–Crippen MR) is 268 cm³/mol. The summed E-state index contributed by atoms with van der Waals surface area (Å²) in [5, 5.41) is 2.57. The van der Waals surface area contributed by atoms with Gasteiger partial charge < -0.3 is 0 Å². The molecule has 4 heteroatoms. The summed E-state index contributed by atoms with van der Waals surface area (Å²) in [7, 11) is 0. The van der Waals surface area contributed by atoms with Gasteiger partial charge in [0.2, 0.25) is 0 Å². The van der Waals surface area contributed by atoms with Gasteiger partial charge in [0, 0.05) is 42.6 Å². The summed E-state index contributed by atoms with van der Waals surface area (Å²) < 4.78 is 2.57. The largest absolute Gasteiger partial charge is 0.212 e. The van der Waals surface area contributed by atoms with Crippen molar-refractivity contribution >= 4 is 37.1 Å². The molecule has 2 heterocycles. The molecule has 2 aromatic heterocycles.